The fourth-order valence-corrected chi connectivity index (χ4v) is 2.55. The van der Waals surface area contributed by atoms with Crippen molar-refractivity contribution < 1.29 is 23.8 Å². The molecule has 1 N–H and O–H groups in total. The highest BCUT2D eigenvalue weighted by atomic mass is 16.5. The number of carbonyl (C=O) groups excluding carboxylic acids is 2. The molecule has 0 aliphatic heterocycles. The smallest absolute Gasteiger partial charge is 0.340 e. The molecule has 2 aromatic rings. The summed E-state index contributed by atoms with van der Waals surface area (Å²) in [7, 11) is 3.13. The predicted molar refractivity (Wildman–Crippen MR) is 104 cm³/mol. The first kappa shape index (κ1) is 20.0. The lowest BCUT2D eigenvalue weighted by Gasteiger charge is -2.12. The molecule has 142 valence electrons. The number of hydrogen-bond donors (Lipinski definition) is 1. The van der Waals surface area contributed by atoms with Crippen molar-refractivity contribution in [3.05, 3.63) is 59.7 Å². The zero-order valence-corrected chi connectivity index (χ0v) is 15.9. The van der Waals surface area contributed by atoms with E-state index in [-0.39, 0.29) is 12.5 Å². The maximum Gasteiger partial charge on any atom is 0.340 e. The molecule has 0 heterocycles. The fourth-order valence-electron chi connectivity index (χ4n) is 2.55. The molecule has 6 nitrogen and oxygen atoms in total. The number of rotatable bonds is 7. The van der Waals surface area contributed by atoms with Crippen molar-refractivity contribution >= 4 is 23.1 Å². The third-order valence-electron chi connectivity index (χ3n) is 3.86. The number of esters is 1. The van der Waals surface area contributed by atoms with Crippen LogP contribution in [0.2, 0.25) is 0 Å². The summed E-state index contributed by atoms with van der Waals surface area (Å²) in [6, 6.07) is 12.1. The Morgan fingerprint density at radius 2 is 1.78 bits per heavy atom. The number of carbonyl (C=O) groups is 2. The lowest BCUT2D eigenvalue weighted by molar-refractivity contribution is -0.111. The molecule has 0 aliphatic rings. The molecule has 27 heavy (non-hydrogen) atoms. The van der Waals surface area contributed by atoms with Crippen molar-refractivity contribution in [3.63, 3.8) is 0 Å². The second kappa shape index (κ2) is 9.43. The average Bonchev–Trinajstić information content (AvgIpc) is 2.67. The quantitative estimate of drug-likeness (QED) is 0.591. The van der Waals surface area contributed by atoms with Gasteiger partial charge in [0.25, 0.3) is 0 Å². The summed E-state index contributed by atoms with van der Waals surface area (Å²) < 4.78 is 15.6. The molecule has 1 amide bonds. The van der Waals surface area contributed by atoms with Gasteiger partial charge in [0.15, 0.2) is 0 Å². The van der Waals surface area contributed by atoms with Crippen molar-refractivity contribution in [1.82, 2.24) is 0 Å². The van der Waals surface area contributed by atoms with Gasteiger partial charge in [-0.05, 0) is 43.7 Å². The van der Waals surface area contributed by atoms with Crippen LogP contribution in [-0.2, 0) is 9.53 Å². The number of hydrogen-bond acceptors (Lipinski definition) is 5. The molecule has 2 rings (SSSR count). The highest BCUT2D eigenvalue weighted by Crippen LogP contribution is 2.30. The second-order valence-electron chi connectivity index (χ2n) is 5.65. The van der Waals surface area contributed by atoms with Crippen LogP contribution < -0.4 is 14.8 Å². The number of ether oxygens (including phenoxy) is 3. The van der Waals surface area contributed by atoms with Gasteiger partial charge in [-0.3, -0.25) is 4.79 Å². The van der Waals surface area contributed by atoms with Gasteiger partial charge >= 0.3 is 5.97 Å². The van der Waals surface area contributed by atoms with Gasteiger partial charge < -0.3 is 19.5 Å². The lowest BCUT2D eigenvalue weighted by atomic mass is 10.1. The van der Waals surface area contributed by atoms with E-state index in [1.54, 1.807) is 64.5 Å². The van der Waals surface area contributed by atoms with Crippen molar-refractivity contribution in [1.29, 1.82) is 0 Å². The standard InChI is InChI=1S/C21H23NO5/c1-5-27-21(24)17-8-6-7-9-18(17)22-20(23)12-14(2)16-11-10-15(25-3)13-19(16)26-4/h6-13H,5H2,1-4H3,(H,22,23)/b14-12+. The monoisotopic (exact) mass is 369 g/mol. The molecule has 0 unspecified atom stereocenters. The maximum absolute atomic E-state index is 12.4. The Labute approximate surface area is 158 Å². The van der Waals surface area contributed by atoms with Gasteiger partial charge in [-0.1, -0.05) is 12.1 Å². The topological polar surface area (TPSA) is 73.9 Å². The van der Waals surface area contributed by atoms with Crippen LogP contribution in [-0.4, -0.2) is 32.7 Å². The van der Waals surface area contributed by atoms with Crippen molar-refractivity contribution in [2.24, 2.45) is 0 Å². The number of benzene rings is 2. The van der Waals surface area contributed by atoms with Crippen LogP contribution in [0.4, 0.5) is 5.69 Å². The molecule has 0 spiro atoms. The molecule has 0 fully saturated rings. The Hall–Kier alpha value is -3.28. The van der Waals surface area contributed by atoms with E-state index >= 15 is 0 Å². The summed E-state index contributed by atoms with van der Waals surface area (Å²) in [6.45, 7) is 3.80. The summed E-state index contributed by atoms with van der Waals surface area (Å²) in [4.78, 5) is 24.5. The SMILES string of the molecule is CCOC(=O)c1ccccc1NC(=O)/C=C(\C)c1ccc(OC)cc1OC. The molecule has 0 atom stereocenters. The third kappa shape index (κ3) is 5.10. The van der Waals surface area contributed by atoms with Gasteiger partial charge in [0, 0.05) is 17.7 Å². The van der Waals surface area contributed by atoms with Gasteiger partial charge in [-0.25, -0.2) is 4.79 Å². The van der Waals surface area contributed by atoms with Gasteiger partial charge in [0.05, 0.1) is 32.1 Å². The van der Waals surface area contributed by atoms with Crippen LogP contribution in [0.3, 0.4) is 0 Å². The molecule has 0 saturated carbocycles. The third-order valence-corrected chi connectivity index (χ3v) is 3.86. The number of anilines is 1. The molecule has 0 bridgehead atoms. The van der Waals surface area contributed by atoms with E-state index in [9.17, 15) is 9.59 Å². The Kier molecular flexibility index (Phi) is 7.00. The highest BCUT2D eigenvalue weighted by molar-refractivity contribution is 6.07. The summed E-state index contributed by atoms with van der Waals surface area (Å²) in [5.74, 6) is 0.423. The van der Waals surface area contributed by atoms with E-state index in [1.807, 2.05) is 6.07 Å². The van der Waals surface area contributed by atoms with E-state index in [0.717, 1.165) is 5.56 Å². The first-order valence-electron chi connectivity index (χ1n) is 8.48. The Morgan fingerprint density at radius 3 is 2.44 bits per heavy atom. The maximum atomic E-state index is 12.4. The van der Waals surface area contributed by atoms with E-state index in [2.05, 4.69) is 5.32 Å². The minimum atomic E-state index is -0.481. The number of methoxy groups -OCH3 is 2. The number of para-hydroxylation sites is 1. The highest BCUT2D eigenvalue weighted by Gasteiger charge is 2.14. The van der Waals surface area contributed by atoms with E-state index in [4.69, 9.17) is 14.2 Å². The molecule has 6 heteroatoms. The van der Waals surface area contributed by atoms with E-state index in [1.165, 1.54) is 6.08 Å². The number of allylic oxidation sites excluding steroid dienone is 1. The number of nitrogens with one attached hydrogen (secondary N) is 1. The number of amides is 1. The van der Waals surface area contributed by atoms with Crippen molar-refractivity contribution in [2.45, 2.75) is 13.8 Å². The zero-order valence-electron chi connectivity index (χ0n) is 15.9. The lowest BCUT2D eigenvalue weighted by Crippen LogP contribution is -2.14. The zero-order chi connectivity index (χ0) is 19.8. The molecular formula is C21H23NO5. The Balaban J connectivity index is 2.24. The van der Waals surface area contributed by atoms with Gasteiger partial charge in [0.2, 0.25) is 5.91 Å². The molecule has 0 radical (unpaired) electrons. The van der Waals surface area contributed by atoms with Gasteiger partial charge in [-0.15, -0.1) is 0 Å². The van der Waals surface area contributed by atoms with Crippen molar-refractivity contribution in [2.75, 3.05) is 26.1 Å². The van der Waals surface area contributed by atoms with Crippen molar-refractivity contribution in [3.8, 4) is 11.5 Å². The van der Waals surface area contributed by atoms with E-state index in [0.29, 0.717) is 28.3 Å². The molecule has 0 aliphatic carbocycles. The summed E-state index contributed by atoms with van der Waals surface area (Å²) in [5, 5.41) is 2.73. The Bertz CT molecular complexity index is 857. The van der Waals surface area contributed by atoms with Crippen LogP contribution in [0.25, 0.3) is 5.57 Å². The summed E-state index contributed by atoms with van der Waals surface area (Å²) >= 11 is 0. The summed E-state index contributed by atoms with van der Waals surface area (Å²) in [5.41, 5.74) is 2.18. The van der Waals surface area contributed by atoms with Crippen LogP contribution in [0, 0.1) is 0 Å². The first-order valence-corrected chi connectivity index (χ1v) is 8.48. The van der Waals surface area contributed by atoms with Crippen LogP contribution in [0.5, 0.6) is 11.5 Å². The molecular weight excluding hydrogens is 346 g/mol. The van der Waals surface area contributed by atoms with Crippen LogP contribution in [0.15, 0.2) is 48.5 Å². The Morgan fingerprint density at radius 1 is 1.04 bits per heavy atom. The first-order chi connectivity index (χ1) is 13.0. The van der Waals surface area contributed by atoms with Gasteiger partial charge in [-0.2, -0.15) is 0 Å². The average molecular weight is 369 g/mol. The molecule has 0 saturated heterocycles. The second-order valence-corrected chi connectivity index (χ2v) is 5.65. The predicted octanol–water partition coefficient (Wildman–Crippen LogP) is 3.92. The minimum Gasteiger partial charge on any atom is -0.497 e. The molecule has 0 aromatic heterocycles. The molecule has 2 aromatic carbocycles. The largest absolute Gasteiger partial charge is 0.497 e. The fraction of sp³-hybridized carbons (Fsp3) is 0.238. The normalized spacial score (nSPS) is 10.9. The minimum absolute atomic E-state index is 0.261. The van der Waals surface area contributed by atoms with Gasteiger partial charge in [0.1, 0.15) is 11.5 Å². The van der Waals surface area contributed by atoms with E-state index < -0.39 is 5.97 Å². The summed E-state index contributed by atoms with van der Waals surface area (Å²) in [6.07, 6.45) is 1.45. The van der Waals surface area contributed by atoms with Crippen LogP contribution in [0.1, 0.15) is 29.8 Å². The van der Waals surface area contributed by atoms with Crippen LogP contribution >= 0.6 is 0 Å².